The second-order valence-electron chi connectivity index (χ2n) is 5.91. The lowest BCUT2D eigenvalue weighted by atomic mass is 10.3. The van der Waals surface area contributed by atoms with Crippen LogP contribution in [0.2, 0.25) is 0 Å². The van der Waals surface area contributed by atoms with E-state index in [4.69, 9.17) is 0 Å². The Morgan fingerprint density at radius 2 is 0.760 bits per heavy atom. The maximum absolute atomic E-state index is 4.63. The second kappa shape index (κ2) is 6.15. The van der Waals surface area contributed by atoms with Gasteiger partial charge in [-0.2, -0.15) is 9.90 Å². The van der Waals surface area contributed by atoms with Gasteiger partial charge in [-0.1, -0.05) is 0 Å². The SMILES string of the molecule is C1=Cc2cc3ccc(cc4nc(cc5ccc(cc1n2)[nH]5)C=C4)[nH]3.P. The number of H-pyrrole nitrogens is 2. The maximum Gasteiger partial charge on any atom is 0.0658 e. The summed E-state index contributed by atoms with van der Waals surface area (Å²) in [5, 5.41) is 0. The van der Waals surface area contributed by atoms with Gasteiger partial charge in [-0.15, -0.1) is 0 Å². The van der Waals surface area contributed by atoms with Crippen LogP contribution in [-0.2, 0) is 0 Å². The summed E-state index contributed by atoms with van der Waals surface area (Å²) in [4.78, 5) is 16.0. The van der Waals surface area contributed by atoms with E-state index in [0.29, 0.717) is 0 Å². The molecular formula is C20H17N4P. The molecule has 0 amide bonds. The summed E-state index contributed by atoms with van der Waals surface area (Å²) in [6.07, 6.45) is 8.09. The number of rotatable bonds is 0. The summed E-state index contributed by atoms with van der Waals surface area (Å²) < 4.78 is 0. The first-order valence-electron chi connectivity index (χ1n) is 7.85. The average molecular weight is 344 g/mol. The molecule has 1 unspecified atom stereocenters. The van der Waals surface area contributed by atoms with E-state index >= 15 is 0 Å². The Labute approximate surface area is 148 Å². The monoisotopic (exact) mass is 344 g/mol. The van der Waals surface area contributed by atoms with E-state index in [1.54, 1.807) is 0 Å². The lowest BCUT2D eigenvalue weighted by Crippen LogP contribution is -1.75. The normalized spacial score (nSPS) is 12.2. The third-order valence-corrected chi connectivity index (χ3v) is 4.04. The largest absolute Gasteiger partial charge is 0.355 e. The second-order valence-corrected chi connectivity index (χ2v) is 5.91. The molecule has 3 aromatic rings. The van der Waals surface area contributed by atoms with E-state index in [1.807, 2.05) is 48.6 Å². The van der Waals surface area contributed by atoms with Gasteiger partial charge in [0.1, 0.15) is 0 Å². The summed E-state index contributed by atoms with van der Waals surface area (Å²) in [6.45, 7) is 0. The smallest absolute Gasteiger partial charge is 0.0658 e. The van der Waals surface area contributed by atoms with Gasteiger partial charge < -0.3 is 9.97 Å². The molecule has 1 atom stereocenters. The van der Waals surface area contributed by atoms with Gasteiger partial charge in [-0.3, -0.25) is 0 Å². The van der Waals surface area contributed by atoms with Crippen molar-refractivity contribution in [1.29, 1.82) is 0 Å². The number of aromatic amines is 2. The fourth-order valence-corrected chi connectivity index (χ4v) is 2.94. The van der Waals surface area contributed by atoms with Crippen molar-refractivity contribution in [3.05, 3.63) is 71.3 Å². The van der Waals surface area contributed by atoms with Crippen LogP contribution in [-0.4, -0.2) is 19.9 Å². The predicted octanol–water partition coefficient (Wildman–Crippen LogP) is 4.71. The summed E-state index contributed by atoms with van der Waals surface area (Å²) in [7, 11) is 0. The fraction of sp³-hybridized carbons (Fsp3) is 0. The fourth-order valence-electron chi connectivity index (χ4n) is 2.94. The highest BCUT2D eigenvalue weighted by Gasteiger charge is 2.00. The number of aromatic nitrogens is 4. The van der Waals surface area contributed by atoms with Crippen molar-refractivity contribution in [2.45, 2.75) is 0 Å². The molecule has 0 aromatic carbocycles. The van der Waals surface area contributed by atoms with Crippen molar-refractivity contribution in [2.75, 3.05) is 0 Å². The van der Waals surface area contributed by atoms with Gasteiger partial charge in [0.05, 0.1) is 22.8 Å². The highest BCUT2D eigenvalue weighted by atomic mass is 31.0. The van der Waals surface area contributed by atoms with Crippen LogP contribution in [0.4, 0.5) is 0 Å². The molecule has 0 spiro atoms. The van der Waals surface area contributed by atoms with Crippen molar-refractivity contribution in [1.82, 2.24) is 19.9 Å². The molecule has 2 aliphatic rings. The van der Waals surface area contributed by atoms with Gasteiger partial charge in [0, 0.05) is 22.1 Å². The molecule has 4 nitrogen and oxygen atoms in total. The van der Waals surface area contributed by atoms with Gasteiger partial charge in [0.15, 0.2) is 0 Å². The predicted molar refractivity (Wildman–Crippen MR) is 110 cm³/mol. The lowest BCUT2D eigenvalue weighted by molar-refractivity contribution is 1.31. The van der Waals surface area contributed by atoms with Crippen LogP contribution < -0.4 is 0 Å². The number of hydrogen-bond acceptors (Lipinski definition) is 2. The highest BCUT2D eigenvalue weighted by molar-refractivity contribution is 6.92. The van der Waals surface area contributed by atoms with E-state index in [9.17, 15) is 0 Å². The Morgan fingerprint density at radius 3 is 1.04 bits per heavy atom. The van der Waals surface area contributed by atoms with Crippen LogP contribution in [0.1, 0.15) is 22.8 Å². The Bertz CT molecular complexity index is 990. The average Bonchev–Trinajstić information content (AvgIpc) is 3.32. The molecule has 2 aliphatic heterocycles. The molecule has 0 fully saturated rings. The standard InChI is InChI=1S/C20H14N4.H3P/c1-2-14-10-16-5-6-18(23-16)12-20-8-7-19(24-20)11-17-4-3-15(22-17)9-13(1)21-14;/h1-12,21,24H;1H3. The zero-order valence-electron chi connectivity index (χ0n) is 13.5. The maximum atomic E-state index is 4.63. The summed E-state index contributed by atoms with van der Waals surface area (Å²) >= 11 is 0. The summed E-state index contributed by atoms with van der Waals surface area (Å²) in [5.74, 6) is 0. The molecule has 2 N–H and O–H groups in total. The molecule has 8 bridgehead atoms. The lowest BCUT2D eigenvalue weighted by Gasteiger charge is -1.85. The minimum Gasteiger partial charge on any atom is -0.355 e. The highest BCUT2D eigenvalue weighted by Crippen LogP contribution is 2.16. The minimum atomic E-state index is 0. The third-order valence-electron chi connectivity index (χ3n) is 4.04. The van der Waals surface area contributed by atoms with E-state index < -0.39 is 0 Å². The van der Waals surface area contributed by atoms with E-state index in [-0.39, 0.29) is 9.90 Å². The van der Waals surface area contributed by atoms with Crippen LogP contribution in [0.5, 0.6) is 0 Å². The molecule has 3 aromatic heterocycles. The molecule has 0 saturated heterocycles. The first-order valence-corrected chi connectivity index (χ1v) is 7.85. The molecule has 25 heavy (non-hydrogen) atoms. The zero-order chi connectivity index (χ0) is 15.9. The molecule has 5 heterocycles. The zero-order valence-corrected chi connectivity index (χ0v) is 14.9. The van der Waals surface area contributed by atoms with Crippen LogP contribution in [0.15, 0.2) is 48.5 Å². The molecule has 122 valence electrons. The number of hydrogen-bond donors (Lipinski definition) is 2. The van der Waals surface area contributed by atoms with Gasteiger partial charge in [0.25, 0.3) is 0 Å². The van der Waals surface area contributed by atoms with Crippen molar-refractivity contribution < 1.29 is 0 Å². The van der Waals surface area contributed by atoms with Crippen molar-refractivity contribution in [2.24, 2.45) is 0 Å². The van der Waals surface area contributed by atoms with Crippen LogP contribution in [0.3, 0.4) is 0 Å². The molecule has 0 radical (unpaired) electrons. The van der Waals surface area contributed by atoms with Gasteiger partial charge in [0.2, 0.25) is 0 Å². The Hall–Kier alpha value is -2.97. The molecule has 0 saturated carbocycles. The first-order chi connectivity index (χ1) is 11.8. The molecular weight excluding hydrogens is 327 g/mol. The van der Waals surface area contributed by atoms with Crippen molar-refractivity contribution in [3.63, 3.8) is 0 Å². The van der Waals surface area contributed by atoms with Crippen molar-refractivity contribution in [3.8, 4) is 0 Å². The third kappa shape index (κ3) is 3.17. The van der Waals surface area contributed by atoms with Gasteiger partial charge >= 0.3 is 0 Å². The summed E-state index contributed by atoms with van der Waals surface area (Å²) in [5.41, 5.74) is 7.86. The van der Waals surface area contributed by atoms with Crippen LogP contribution >= 0.6 is 9.90 Å². The van der Waals surface area contributed by atoms with Gasteiger partial charge in [-0.25, -0.2) is 9.97 Å². The van der Waals surface area contributed by atoms with Crippen LogP contribution in [0, 0.1) is 0 Å². The van der Waals surface area contributed by atoms with Crippen molar-refractivity contribution >= 4 is 56.3 Å². The number of nitrogens with one attached hydrogen (secondary N) is 2. The molecule has 5 heteroatoms. The summed E-state index contributed by atoms with van der Waals surface area (Å²) in [6, 6.07) is 16.4. The topological polar surface area (TPSA) is 57.4 Å². The van der Waals surface area contributed by atoms with E-state index in [2.05, 4.69) is 44.2 Å². The quantitative estimate of drug-likeness (QED) is 0.400. The van der Waals surface area contributed by atoms with E-state index in [1.165, 1.54) is 0 Å². The number of nitrogens with zero attached hydrogens (tertiary/aromatic N) is 2. The Morgan fingerprint density at radius 1 is 0.480 bits per heavy atom. The minimum absolute atomic E-state index is 0. The van der Waals surface area contributed by atoms with E-state index in [0.717, 1.165) is 44.8 Å². The number of fused-ring (bicyclic) bond motifs is 8. The van der Waals surface area contributed by atoms with Gasteiger partial charge in [-0.05, 0) is 72.8 Å². The Kier molecular flexibility index (Phi) is 3.83. The Balaban J connectivity index is 0.00000157. The molecule has 5 rings (SSSR count). The van der Waals surface area contributed by atoms with Crippen LogP contribution in [0.25, 0.3) is 46.4 Å². The first kappa shape index (κ1) is 15.6. The molecule has 0 aliphatic carbocycles.